The van der Waals surface area contributed by atoms with Gasteiger partial charge in [0.15, 0.2) is 17.7 Å². The van der Waals surface area contributed by atoms with Crippen LogP contribution in [0.2, 0.25) is 0 Å². The first kappa shape index (κ1) is 18.2. The minimum absolute atomic E-state index is 0.291. The maximum atomic E-state index is 10.2. The van der Waals surface area contributed by atoms with Crippen LogP contribution in [0.15, 0.2) is 12.7 Å². The van der Waals surface area contributed by atoms with E-state index in [2.05, 4.69) is 15.0 Å². The van der Waals surface area contributed by atoms with Gasteiger partial charge in [-0.15, -0.1) is 0 Å². The zero-order valence-corrected chi connectivity index (χ0v) is 16.0. The van der Waals surface area contributed by atoms with Crippen LogP contribution < -0.4 is 5.73 Å². The summed E-state index contributed by atoms with van der Waals surface area (Å²) in [7, 11) is 1.33. The highest BCUT2D eigenvalue weighted by molar-refractivity contribution is 8.07. The van der Waals surface area contributed by atoms with Gasteiger partial charge in [0.25, 0.3) is 0 Å². The van der Waals surface area contributed by atoms with Crippen molar-refractivity contribution in [2.24, 2.45) is 0 Å². The second-order valence-electron chi connectivity index (χ2n) is 6.27. The molecule has 0 amide bonds. The Bertz CT molecular complexity index is 881. The molecule has 26 heavy (non-hydrogen) atoms. The zero-order chi connectivity index (χ0) is 18.5. The van der Waals surface area contributed by atoms with E-state index in [1.54, 1.807) is 10.9 Å². The summed E-state index contributed by atoms with van der Waals surface area (Å²) in [6.45, 7) is -0.874. The van der Waals surface area contributed by atoms with Crippen molar-refractivity contribution in [3.05, 3.63) is 12.7 Å². The van der Waals surface area contributed by atoms with Gasteiger partial charge >= 0.3 is 6.72 Å². The minimum Gasteiger partial charge on any atom is -0.382 e. The topological polar surface area (TPSA) is 127 Å². The van der Waals surface area contributed by atoms with Crippen molar-refractivity contribution in [3.63, 3.8) is 0 Å². The fourth-order valence-corrected chi connectivity index (χ4v) is 4.60. The Balaban J connectivity index is 1.76. The summed E-state index contributed by atoms with van der Waals surface area (Å²) in [5, 5.41) is 0. The summed E-state index contributed by atoms with van der Waals surface area (Å²) >= 11 is 5.04. The Morgan fingerprint density at radius 1 is 1.50 bits per heavy atom. The second kappa shape index (κ2) is 6.45. The van der Waals surface area contributed by atoms with Gasteiger partial charge in [0.1, 0.15) is 29.7 Å². The van der Waals surface area contributed by atoms with Crippen LogP contribution >= 0.6 is 6.72 Å². The van der Waals surface area contributed by atoms with Crippen molar-refractivity contribution in [2.45, 2.75) is 43.8 Å². The Labute approximate surface area is 154 Å². The molecular weight excluding hydrogens is 381 g/mol. The van der Waals surface area contributed by atoms with Gasteiger partial charge in [-0.3, -0.25) is 9.09 Å². The Morgan fingerprint density at radius 3 is 3.04 bits per heavy atom. The number of rotatable bonds is 5. The number of ether oxygens (including phenoxy) is 2. The molecule has 2 bridgehead atoms. The number of anilines is 1. The molecule has 4 rings (SSSR count). The first-order valence-corrected chi connectivity index (χ1v) is 10.8. The third-order valence-electron chi connectivity index (χ3n) is 5.03. The number of nitrogen functional groups attached to an aromatic ring is 1. The molecule has 0 aliphatic carbocycles. The van der Waals surface area contributed by atoms with Gasteiger partial charge in [0.2, 0.25) is 0 Å². The average Bonchev–Trinajstić information content (AvgIpc) is 3.11. The lowest BCUT2D eigenvalue weighted by Gasteiger charge is -2.38. The number of nitrogens with two attached hydrogens (primary N) is 1. The quantitative estimate of drug-likeness (QED) is 0.704. The van der Waals surface area contributed by atoms with E-state index in [1.165, 1.54) is 13.4 Å². The molecule has 5 atom stereocenters. The molecule has 2 aliphatic heterocycles. The molecule has 0 radical (unpaired) electrons. The number of hydrogen-bond donors (Lipinski definition) is 2. The van der Waals surface area contributed by atoms with E-state index < -0.39 is 30.8 Å². The van der Waals surface area contributed by atoms with Crippen molar-refractivity contribution in [1.29, 1.82) is 0 Å². The van der Waals surface area contributed by atoms with Crippen LogP contribution in [0, 0.1) is 0 Å². The SMILES string of the molecule is CC[C@]12CCO[C@@H](C1OP(O)(=S)OC)[C@H](n1cnc3c(N)ncnc31)O2. The molecule has 2 aromatic heterocycles. The summed E-state index contributed by atoms with van der Waals surface area (Å²) in [5.41, 5.74) is 6.26. The van der Waals surface area contributed by atoms with Crippen molar-refractivity contribution in [2.75, 3.05) is 19.5 Å². The van der Waals surface area contributed by atoms with Crippen LogP contribution in [0.25, 0.3) is 11.2 Å². The summed E-state index contributed by atoms with van der Waals surface area (Å²) in [4.78, 5) is 22.7. The highest BCUT2D eigenvalue weighted by Crippen LogP contribution is 2.55. The summed E-state index contributed by atoms with van der Waals surface area (Å²) in [6, 6.07) is 0. The molecule has 12 heteroatoms. The molecule has 2 aliphatic rings. The third-order valence-corrected chi connectivity index (χ3v) is 6.69. The first-order chi connectivity index (χ1) is 12.4. The van der Waals surface area contributed by atoms with Crippen LogP contribution in [0.4, 0.5) is 5.82 Å². The van der Waals surface area contributed by atoms with Crippen LogP contribution in [0.1, 0.15) is 26.0 Å². The van der Waals surface area contributed by atoms with E-state index in [4.69, 9.17) is 36.1 Å². The third kappa shape index (κ3) is 2.75. The van der Waals surface area contributed by atoms with Crippen LogP contribution in [-0.2, 0) is 30.3 Å². The zero-order valence-electron chi connectivity index (χ0n) is 14.3. The number of imidazole rings is 1. The largest absolute Gasteiger partial charge is 0.382 e. The van der Waals surface area contributed by atoms with Crippen molar-refractivity contribution in [1.82, 2.24) is 19.5 Å². The Kier molecular flexibility index (Phi) is 4.51. The monoisotopic (exact) mass is 401 g/mol. The molecule has 2 saturated heterocycles. The fourth-order valence-electron chi connectivity index (χ4n) is 3.64. The summed E-state index contributed by atoms with van der Waals surface area (Å²) in [5.74, 6) is 0.291. The number of aromatic nitrogens is 4. The molecule has 0 aromatic carbocycles. The second-order valence-corrected chi connectivity index (χ2v) is 9.17. The van der Waals surface area contributed by atoms with E-state index in [9.17, 15) is 4.89 Å². The van der Waals surface area contributed by atoms with Gasteiger partial charge < -0.3 is 24.6 Å². The van der Waals surface area contributed by atoms with Crippen LogP contribution in [-0.4, -0.2) is 55.9 Å². The maximum Gasteiger partial charge on any atom is 0.324 e. The molecule has 10 nitrogen and oxygen atoms in total. The van der Waals surface area contributed by atoms with E-state index in [0.29, 0.717) is 36.4 Å². The van der Waals surface area contributed by atoms with Gasteiger partial charge in [0, 0.05) is 13.5 Å². The Morgan fingerprint density at radius 2 is 2.31 bits per heavy atom. The molecule has 142 valence electrons. The molecule has 2 aromatic rings. The fraction of sp³-hybridized carbons (Fsp3) is 0.643. The predicted octanol–water partition coefficient (Wildman–Crippen LogP) is 1.12. The van der Waals surface area contributed by atoms with E-state index in [0.717, 1.165) is 0 Å². The summed E-state index contributed by atoms with van der Waals surface area (Å²) < 4.78 is 24.8. The highest BCUT2D eigenvalue weighted by Gasteiger charge is 2.60. The van der Waals surface area contributed by atoms with Crippen LogP contribution in [0.5, 0.6) is 0 Å². The van der Waals surface area contributed by atoms with Gasteiger partial charge in [-0.2, -0.15) is 0 Å². The van der Waals surface area contributed by atoms with Gasteiger partial charge in [-0.05, 0) is 18.2 Å². The highest BCUT2D eigenvalue weighted by atomic mass is 32.5. The van der Waals surface area contributed by atoms with Gasteiger partial charge in [-0.25, -0.2) is 15.0 Å². The van der Waals surface area contributed by atoms with Crippen molar-refractivity contribution >= 4 is 35.5 Å². The van der Waals surface area contributed by atoms with E-state index in [1.807, 2.05) is 6.92 Å². The lowest BCUT2D eigenvalue weighted by molar-refractivity contribution is -0.116. The van der Waals surface area contributed by atoms with Crippen LogP contribution in [0.3, 0.4) is 0 Å². The van der Waals surface area contributed by atoms with Gasteiger partial charge in [-0.1, -0.05) is 6.92 Å². The van der Waals surface area contributed by atoms with E-state index in [-0.39, 0.29) is 0 Å². The lowest BCUT2D eigenvalue weighted by atomic mass is 9.87. The molecular formula is C14H20N5O5PS. The maximum absolute atomic E-state index is 10.2. The van der Waals surface area contributed by atoms with E-state index >= 15 is 0 Å². The molecule has 0 saturated carbocycles. The number of nitrogens with zero attached hydrogens (tertiary/aromatic N) is 4. The molecule has 4 heterocycles. The molecule has 2 unspecified atom stereocenters. The first-order valence-electron chi connectivity index (χ1n) is 8.20. The standard InChI is InChI=1S/C14H20N5O5PS/c1-3-14-4-5-22-9(10(14)24-25(20,26)21-2)13(23-14)19-7-18-8-11(15)16-6-17-12(8)19/h6-7,9-10,13H,3-5H2,1-2H3,(H,20,26)(H2,15,16,17)/t9-,10?,13+,14-,25?/m0/s1. The average molecular weight is 401 g/mol. The molecule has 3 N–H and O–H groups in total. The normalized spacial score (nSPS) is 33.4. The Hall–Kier alpha value is -1.20. The number of fused-ring (bicyclic) bond motifs is 3. The van der Waals surface area contributed by atoms with Crippen molar-refractivity contribution < 1.29 is 23.4 Å². The predicted molar refractivity (Wildman–Crippen MR) is 95.6 cm³/mol. The minimum atomic E-state index is -3.39. The summed E-state index contributed by atoms with van der Waals surface area (Å²) in [6.07, 6.45) is 2.63. The smallest absolute Gasteiger partial charge is 0.324 e. The number of hydrogen-bond acceptors (Lipinski definition) is 9. The lowest BCUT2D eigenvalue weighted by Crippen LogP contribution is -2.49. The molecule has 0 spiro atoms. The van der Waals surface area contributed by atoms with Crippen molar-refractivity contribution in [3.8, 4) is 0 Å². The molecule has 2 fully saturated rings. The van der Waals surface area contributed by atoms with Gasteiger partial charge in [0.05, 0.1) is 12.9 Å².